The van der Waals surface area contributed by atoms with E-state index in [9.17, 15) is 0 Å². The number of hydrazine groups is 1. The third-order valence-electron chi connectivity index (χ3n) is 2.54. The molecule has 3 nitrogen and oxygen atoms in total. The summed E-state index contributed by atoms with van der Waals surface area (Å²) in [7, 11) is 0. The Bertz CT molecular complexity index is 481. The topological polar surface area (TPSA) is 51.2 Å². The van der Waals surface area contributed by atoms with Gasteiger partial charge in [0.05, 0.1) is 0 Å². The molecule has 0 bridgehead atoms. The van der Waals surface area contributed by atoms with Crippen molar-refractivity contribution in [3.8, 4) is 0 Å². The number of furan rings is 1. The molecule has 1 aromatic heterocycles. The molecule has 0 aliphatic heterocycles. The van der Waals surface area contributed by atoms with Crippen LogP contribution in [0.15, 0.2) is 45.5 Å². The zero-order valence-electron chi connectivity index (χ0n) is 8.91. The maximum atomic E-state index is 5.59. The predicted octanol–water partition coefficient (Wildman–Crippen LogP) is 2.90. The molecule has 0 radical (unpaired) electrons. The van der Waals surface area contributed by atoms with E-state index in [1.165, 1.54) is 5.56 Å². The van der Waals surface area contributed by atoms with E-state index in [2.05, 4.69) is 34.3 Å². The summed E-state index contributed by atoms with van der Waals surface area (Å²) in [5.41, 5.74) is 5.07. The first-order valence-electron chi connectivity index (χ1n) is 4.99. The van der Waals surface area contributed by atoms with Crippen LogP contribution in [0.2, 0.25) is 0 Å². The van der Waals surface area contributed by atoms with Crippen LogP contribution in [0.3, 0.4) is 0 Å². The fraction of sp³-hybridized carbons (Fsp3) is 0.167. The summed E-state index contributed by atoms with van der Waals surface area (Å²) in [6, 6.07) is 11.7. The van der Waals surface area contributed by atoms with E-state index in [1.807, 2.05) is 30.3 Å². The molecule has 1 unspecified atom stereocenters. The van der Waals surface area contributed by atoms with Gasteiger partial charge in [0.15, 0.2) is 4.67 Å². The van der Waals surface area contributed by atoms with Crippen LogP contribution in [0.5, 0.6) is 0 Å². The van der Waals surface area contributed by atoms with Crippen molar-refractivity contribution in [1.29, 1.82) is 0 Å². The van der Waals surface area contributed by atoms with Gasteiger partial charge in [-0.2, -0.15) is 0 Å². The minimum absolute atomic E-state index is 0.118. The summed E-state index contributed by atoms with van der Waals surface area (Å²) in [5.74, 6) is 6.38. The highest BCUT2D eigenvalue weighted by atomic mass is 79.9. The van der Waals surface area contributed by atoms with Gasteiger partial charge >= 0.3 is 0 Å². The lowest BCUT2D eigenvalue weighted by atomic mass is 10.0. The molecule has 0 saturated heterocycles. The highest BCUT2D eigenvalue weighted by Crippen LogP contribution is 2.27. The first-order valence-corrected chi connectivity index (χ1v) is 5.78. The zero-order chi connectivity index (χ0) is 11.5. The van der Waals surface area contributed by atoms with Gasteiger partial charge in [-0.05, 0) is 46.1 Å². The van der Waals surface area contributed by atoms with E-state index in [-0.39, 0.29) is 6.04 Å². The predicted molar refractivity (Wildman–Crippen MR) is 66.8 cm³/mol. The Labute approximate surface area is 103 Å². The maximum absolute atomic E-state index is 5.59. The summed E-state index contributed by atoms with van der Waals surface area (Å²) < 4.78 is 6.23. The van der Waals surface area contributed by atoms with Crippen LogP contribution in [0.4, 0.5) is 0 Å². The number of hydrogen-bond donors (Lipinski definition) is 2. The van der Waals surface area contributed by atoms with Gasteiger partial charge in [0.1, 0.15) is 11.8 Å². The van der Waals surface area contributed by atoms with Gasteiger partial charge in [-0.25, -0.2) is 5.43 Å². The first kappa shape index (κ1) is 11.4. The fourth-order valence-corrected chi connectivity index (χ4v) is 2.04. The Morgan fingerprint density at radius 2 is 2.00 bits per heavy atom. The van der Waals surface area contributed by atoms with Crippen molar-refractivity contribution in [3.63, 3.8) is 0 Å². The summed E-state index contributed by atoms with van der Waals surface area (Å²) in [6.07, 6.45) is 0. The molecule has 2 rings (SSSR count). The zero-order valence-corrected chi connectivity index (χ0v) is 10.5. The third-order valence-corrected chi connectivity index (χ3v) is 2.97. The fourth-order valence-electron chi connectivity index (χ4n) is 1.72. The lowest BCUT2D eigenvalue weighted by Crippen LogP contribution is -2.29. The Morgan fingerprint density at radius 1 is 1.25 bits per heavy atom. The number of nitrogens with two attached hydrogens (primary N) is 1. The molecule has 0 aliphatic carbocycles. The van der Waals surface area contributed by atoms with Gasteiger partial charge in [-0.1, -0.05) is 24.3 Å². The maximum Gasteiger partial charge on any atom is 0.169 e. The number of halogens is 1. The van der Waals surface area contributed by atoms with Gasteiger partial charge in [0.2, 0.25) is 0 Å². The summed E-state index contributed by atoms with van der Waals surface area (Å²) >= 11 is 3.29. The van der Waals surface area contributed by atoms with Gasteiger partial charge < -0.3 is 4.42 Å². The molecule has 0 saturated carbocycles. The highest BCUT2D eigenvalue weighted by molar-refractivity contribution is 9.10. The smallest absolute Gasteiger partial charge is 0.169 e. The van der Waals surface area contributed by atoms with Crippen molar-refractivity contribution >= 4 is 15.9 Å². The van der Waals surface area contributed by atoms with Crippen LogP contribution >= 0.6 is 15.9 Å². The Morgan fingerprint density at radius 3 is 2.56 bits per heavy atom. The number of nitrogens with one attached hydrogen (secondary N) is 1. The molecule has 1 aromatic carbocycles. The van der Waals surface area contributed by atoms with E-state index in [1.54, 1.807) is 0 Å². The summed E-state index contributed by atoms with van der Waals surface area (Å²) in [4.78, 5) is 0. The average molecular weight is 281 g/mol. The quantitative estimate of drug-likeness (QED) is 0.672. The van der Waals surface area contributed by atoms with E-state index in [4.69, 9.17) is 10.3 Å². The van der Waals surface area contributed by atoms with E-state index >= 15 is 0 Å². The molecular formula is C12H13BrN2O. The minimum atomic E-state index is -0.118. The van der Waals surface area contributed by atoms with Crippen molar-refractivity contribution in [2.24, 2.45) is 5.84 Å². The van der Waals surface area contributed by atoms with Crippen LogP contribution in [-0.2, 0) is 0 Å². The number of benzene rings is 1. The van der Waals surface area contributed by atoms with Crippen LogP contribution in [0.25, 0.3) is 0 Å². The van der Waals surface area contributed by atoms with Crippen LogP contribution in [-0.4, -0.2) is 0 Å². The Hall–Kier alpha value is -1.10. The van der Waals surface area contributed by atoms with Gasteiger partial charge in [-0.3, -0.25) is 5.84 Å². The van der Waals surface area contributed by atoms with Crippen LogP contribution in [0.1, 0.15) is 22.9 Å². The van der Waals surface area contributed by atoms with Crippen LogP contribution in [0, 0.1) is 6.92 Å². The molecule has 1 heterocycles. The standard InChI is InChI=1S/C12H13BrN2O/c1-8-4-2-3-5-9(8)12(15-14)10-6-7-11(13)16-10/h2-7,12,15H,14H2,1H3. The van der Waals surface area contributed by atoms with Gasteiger partial charge in [-0.15, -0.1) is 0 Å². The molecular weight excluding hydrogens is 268 g/mol. The molecule has 1 atom stereocenters. The minimum Gasteiger partial charge on any atom is -0.452 e. The van der Waals surface area contributed by atoms with Crippen molar-refractivity contribution < 1.29 is 4.42 Å². The lowest BCUT2D eigenvalue weighted by Gasteiger charge is -2.15. The normalized spacial score (nSPS) is 12.7. The van der Waals surface area contributed by atoms with Crippen molar-refractivity contribution in [3.05, 3.63) is 58.0 Å². The molecule has 16 heavy (non-hydrogen) atoms. The number of aryl methyl sites for hydroxylation is 1. The van der Waals surface area contributed by atoms with Crippen molar-refractivity contribution in [2.45, 2.75) is 13.0 Å². The van der Waals surface area contributed by atoms with Crippen molar-refractivity contribution in [2.75, 3.05) is 0 Å². The molecule has 4 heteroatoms. The number of hydrogen-bond acceptors (Lipinski definition) is 3. The molecule has 0 amide bonds. The SMILES string of the molecule is Cc1ccccc1C(NN)c1ccc(Br)o1. The molecule has 2 aromatic rings. The second kappa shape index (κ2) is 4.82. The molecule has 0 fully saturated rings. The molecule has 0 aliphatic rings. The van der Waals surface area contributed by atoms with Crippen molar-refractivity contribution in [1.82, 2.24) is 5.43 Å². The first-order chi connectivity index (χ1) is 7.72. The average Bonchev–Trinajstić information content (AvgIpc) is 2.69. The summed E-state index contributed by atoms with van der Waals surface area (Å²) in [6.45, 7) is 2.05. The van der Waals surface area contributed by atoms with E-state index in [0.717, 1.165) is 11.3 Å². The molecule has 0 spiro atoms. The summed E-state index contributed by atoms with van der Waals surface area (Å²) in [5, 5.41) is 0. The van der Waals surface area contributed by atoms with E-state index < -0.39 is 0 Å². The monoisotopic (exact) mass is 280 g/mol. The largest absolute Gasteiger partial charge is 0.452 e. The third kappa shape index (κ3) is 2.19. The van der Waals surface area contributed by atoms with Gasteiger partial charge in [0, 0.05) is 0 Å². The van der Waals surface area contributed by atoms with E-state index in [0.29, 0.717) is 4.67 Å². The second-order valence-electron chi connectivity index (χ2n) is 3.60. The molecule has 3 N–H and O–H groups in total. The van der Waals surface area contributed by atoms with Crippen LogP contribution < -0.4 is 11.3 Å². The second-order valence-corrected chi connectivity index (χ2v) is 4.38. The lowest BCUT2D eigenvalue weighted by molar-refractivity contribution is 0.436. The Kier molecular flexibility index (Phi) is 3.43. The highest BCUT2D eigenvalue weighted by Gasteiger charge is 2.17. The van der Waals surface area contributed by atoms with Gasteiger partial charge in [0.25, 0.3) is 0 Å². The molecule has 84 valence electrons. The number of rotatable bonds is 3. The Balaban J connectivity index is 2.40.